The fourth-order valence-electron chi connectivity index (χ4n) is 2.72. The van der Waals surface area contributed by atoms with E-state index < -0.39 is 0 Å². The van der Waals surface area contributed by atoms with Crippen molar-refractivity contribution in [1.29, 1.82) is 0 Å². The monoisotopic (exact) mass is 274 g/mol. The summed E-state index contributed by atoms with van der Waals surface area (Å²) in [7, 11) is 0. The highest BCUT2D eigenvalue weighted by Gasteiger charge is 2.21. The summed E-state index contributed by atoms with van der Waals surface area (Å²) >= 11 is 0. The van der Waals surface area contributed by atoms with Gasteiger partial charge in [0.05, 0.1) is 0 Å². The largest absolute Gasteiger partial charge is 0.341 e. The quantitative estimate of drug-likeness (QED) is 0.931. The molecule has 20 heavy (non-hydrogen) atoms. The van der Waals surface area contributed by atoms with Crippen LogP contribution in [-0.2, 0) is 12.8 Å². The van der Waals surface area contributed by atoms with Crippen LogP contribution in [0.15, 0.2) is 36.4 Å². The lowest BCUT2D eigenvalue weighted by Crippen LogP contribution is -2.14. The molecule has 0 aromatic heterocycles. The maximum Gasteiger partial charge on any atom is 0.125 e. The number of hydrogen-bond donors (Lipinski definition) is 1. The molecule has 0 unspecified atom stereocenters. The van der Waals surface area contributed by atoms with Gasteiger partial charge in [0.2, 0.25) is 0 Å². The number of hydrogen-bond acceptors (Lipinski definition) is 2. The van der Waals surface area contributed by atoms with Gasteiger partial charge in [-0.25, -0.2) is 8.78 Å². The van der Waals surface area contributed by atoms with Crippen LogP contribution >= 0.6 is 0 Å². The Morgan fingerprint density at radius 1 is 1.05 bits per heavy atom. The van der Waals surface area contributed by atoms with E-state index in [1.165, 1.54) is 24.3 Å². The van der Waals surface area contributed by atoms with Crippen molar-refractivity contribution >= 4 is 11.4 Å². The molecule has 0 saturated heterocycles. The third-order valence-corrected chi connectivity index (χ3v) is 3.63. The summed E-state index contributed by atoms with van der Waals surface area (Å²) in [6, 6.07) is 9.68. The van der Waals surface area contributed by atoms with Crippen molar-refractivity contribution < 1.29 is 8.78 Å². The Hall–Kier alpha value is -1.94. The number of anilines is 2. The maximum atomic E-state index is 13.7. The predicted octanol–water partition coefficient (Wildman–Crippen LogP) is 3.16. The Kier molecular flexibility index (Phi) is 3.40. The molecule has 104 valence electrons. The molecule has 0 spiro atoms. The van der Waals surface area contributed by atoms with Crippen molar-refractivity contribution in [2.45, 2.75) is 12.8 Å². The third kappa shape index (κ3) is 2.39. The average molecular weight is 274 g/mol. The summed E-state index contributed by atoms with van der Waals surface area (Å²) in [5.74, 6) is -0.551. The van der Waals surface area contributed by atoms with Gasteiger partial charge in [-0.15, -0.1) is 0 Å². The van der Waals surface area contributed by atoms with E-state index in [1.54, 1.807) is 6.07 Å². The molecular weight excluding hydrogens is 258 g/mol. The molecule has 0 saturated carbocycles. The first-order chi connectivity index (χ1) is 9.67. The highest BCUT2D eigenvalue weighted by atomic mass is 19.1. The van der Waals surface area contributed by atoms with Gasteiger partial charge >= 0.3 is 0 Å². The molecule has 2 aromatic carbocycles. The second-order valence-corrected chi connectivity index (χ2v) is 5.03. The summed E-state index contributed by atoms with van der Waals surface area (Å²) < 4.78 is 27.1. The van der Waals surface area contributed by atoms with E-state index in [1.807, 2.05) is 11.0 Å². The molecule has 3 rings (SSSR count). The summed E-state index contributed by atoms with van der Waals surface area (Å²) in [5, 5.41) is 0. The van der Waals surface area contributed by atoms with E-state index in [-0.39, 0.29) is 11.6 Å². The van der Waals surface area contributed by atoms with Gasteiger partial charge in [-0.3, -0.25) is 0 Å². The summed E-state index contributed by atoms with van der Waals surface area (Å²) in [6.07, 6.45) is 1.48. The summed E-state index contributed by atoms with van der Waals surface area (Å²) in [5.41, 5.74) is 9.08. The van der Waals surface area contributed by atoms with Gasteiger partial charge < -0.3 is 10.6 Å². The Balaban J connectivity index is 2.01. The van der Waals surface area contributed by atoms with Crippen molar-refractivity contribution in [1.82, 2.24) is 0 Å². The number of nitrogens with zero attached hydrogens (tertiary/aromatic N) is 1. The Morgan fingerprint density at radius 3 is 2.70 bits per heavy atom. The van der Waals surface area contributed by atoms with Crippen molar-refractivity contribution in [3.63, 3.8) is 0 Å². The van der Waals surface area contributed by atoms with E-state index in [2.05, 4.69) is 0 Å². The van der Waals surface area contributed by atoms with E-state index >= 15 is 0 Å². The second kappa shape index (κ2) is 5.21. The van der Waals surface area contributed by atoms with Gasteiger partial charge in [0.25, 0.3) is 0 Å². The zero-order valence-corrected chi connectivity index (χ0v) is 11.1. The van der Waals surface area contributed by atoms with Crippen molar-refractivity contribution in [3.8, 4) is 0 Å². The highest BCUT2D eigenvalue weighted by molar-refractivity contribution is 5.70. The fraction of sp³-hybridized carbons (Fsp3) is 0.250. The Morgan fingerprint density at radius 2 is 1.90 bits per heavy atom. The van der Waals surface area contributed by atoms with Gasteiger partial charge in [-0.05, 0) is 60.8 Å². The van der Waals surface area contributed by atoms with Crippen LogP contribution < -0.4 is 10.6 Å². The molecule has 0 radical (unpaired) electrons. The molecule has 2 nitrogen and oxygen atoms in total. The molecule has 0 aliphatic carbocycles. The summed E-state index contributed by atoms with van der Waals surface area (Å²) in [6.45, 7) is 1.22. The standard InChI is InChI=1S/C16H16F2N2/c17-13-2-1-12-4-6-20(16(12)10-13)15-8-11(3-5-19)7-14(18)9-15/h1-2,7-10H,3-6,19H2. The van der Waals surface area contributed by atoms with E-state index in [0.717, 1.165) is 35.5 Å². The molecule has 2 N–H and O–H groups in total. The smallest absolute Gasteiger partial charge is 0.125 e. The van der Waals surface area contributed by atoms with Crippen molar-refractivity contribution in [3.05, 3.63) is 59.2 Å². The van der Waals surface area contributed by atoms with Crippen LogP contribution in [0.4, 0.5) is 20.2 Å². The molecule has 0 atom stereocenters. The molecule has 0 fully saturated rings. The second-order valence-electron chi connectivity index (χ2n) is 5.03. The number of halogens is 2. The minimum atomic E-state index is -0.282. The van der Waals surface area contributed by atoms with Crippen LogP contribution in [0.1, 0.15) is 11.1 Å². The first kappa shape index (κ1) is 13.1. The fourth-order valence-corrected chi connectivity index (χ4v) is 2.72. The van der Waals surface area contributed by atoms with Gasteiger partial charge in [0, 0.05) is 17.9 Å². The normalized spacial score (nSPS) is 13.7. The molecule has 2 aromatic rings. The van der Waals surface area contributed by atoms with Crippen LogP contribution in [0.25, 0.3) is 0 Å². The lowest BCUT2D eigenvalue weighted by Gasteiger charge is -2.20. The van der Waals surface area contributed by atoms with Crippen LogP contribution in [0, 0.1) is 11.6 Å². The van der Waals surface area contributed by atoms with Gasteiger partial charge in [-0.1, -0.05) is 6.07 Å². The zero-order valence-electron chi connectivity index (χ0n) is 11.1. The van der Waals surface area contributed by atoms with E-state index in [0.29, 0.717) is 13.0 Å². The highest BCUT2D eigenvalue weighted by Crippen LogP contribution is 2.35. The van der Waals surface area contributed by atoms with Crippen LogP contribution in [0.2, 0.25) is 0 Å². The molecule has 4 heteroatoms. The first-order valence-electron chi connectivity index (χ1n) is 6.73. The molecule has 0 bridgehead atoms. The SMILES string of the molecule is NCCc1cc(F)cc(N2CCc3ccc(F)cc32)c1. The van der Waals surface area contributed by atoms with Crippen LogP contribution in [0.3, 0.4) is 0 Å². The molecule has 1 aliphatic rings. The number of rotatable bonds is 3. The first-order valence-corrected chi connectivity index (χ1v) is 6.73. The van der Waals surface area contributed by atoms with Crippen LogP contribution in [0.5, 0.6) is 0 Å². The number of nitrogens with two attached hydrogens (primary N) is 1. The number of fused-ring (bicyclic) bond motifs is 1. The molecule has 0 amide bonds. The summed E-state index contributed by atoms with van der Waals surface area (Å²) in [4.78, 5) is 1.96. The Labute approximate surface area is 116 Å². The van der Waals surface area contributed by atoms with Crippen LogP contribution in [-0.4, -0.2) is 13.1 Å². The minimum Gasteiger partial charge on any atom is -0.341 e. The predicted molar refractivity (Wildman–Crippen MR) is 76.3 cm³/mol. The van der Waals surface area contributed by atoms with Gasteiger partial charge in [-0.2, -0.15) is 0 Å². The van der Waals surface area contributed by atoms with Crippen molar-refractivity contribution in [2.75, 3.05) is 18.0 Å². The maximum absolute atomic E-state index is 13.7. The lowest BCUT2D eigenvalue weighted by atomic mass is 10.1. The van der Waals surface area contributed by atoms with Crippen molar-refractivity contribution in [2.24, 2.45) is 5.73 Å². The van der Waals surface area contributed by atoms with E-state index in [9.17, 15) is 8.78 Å². The minimum absolute atomic E-state index is 0.269. The molecular formula is C16H16F2N2. The van der Waals surface area contributed by atoms with E-state index in [4.69, 9.17) is 5.73 Å². The molecule has 1 heterocycles. The molecule has 1 aliphatic heterocycles. The zero-order chi connectivity index (χ0) is 14.1. The average Bonchev–Trinajstić information content (AvgIpc) is 2.81. The lowest BCUT2D eigenvalue weighted by molar-refractivity contribution is 0.625. The van der Waals surface area contributed by atoms with Gasteiger partial charge in [0.15, 0.2) is 0 Å². The van der Waals surface area contributed by atoms with Gasteiger partial charge in [0.1, 0.15) is 11.6 Å². The number of benzene rings is 2. The Bertz CT molecular complexity index is 640. The third-order valence-electron chi connectivity index (χ3n) is 3.63. The topological polar surface area (TPSA) is 29.3 Å².